The minimum absolute atomic E-state index is 0.0375. The maximum absolute atomic E-state index is 11.8. The molecule has 0 aromatic heterocycles. The molecular formula is C6H13Br4NO4P+2. The number of hydrogen-bond donors (Lipinski definition) is 1. The van der Waals surface area contributed by atoms with Crippen LogP contribution in [-0.2, 0) is 18.6 Å². The summed E-state index contributed by atoms with van der Waals surface area (Å²) in [6, 6.07) is 0. The Balaban J connectivity index is 3.99. The Hall–Kier alpha value is 2.15. The van der Waals surface area contributed by atoms with Crippen molar-refractivity contribution in [2.45, 2.75) is 9.65 Å². The minimum Gasteiger partial charge on any atom is -0.164 e. The van der Waals surface area contributed by atoms with E-state index in [-0.39, 0.29) is 22.9 Å². The molecule has 0 aliphatic heterocycles. The SMILES string of the molecule is [NH3+]O[P+]([O])(OCC(Br)CBr)OCC(Br)CBr. The van der Waals surface area contributed by atoms with Crippen molar-refractivity contribution in [3.63, 3.8) is 0 Å². The first-order chi connectivity index (χ1) is 7.47. The topological polar surface area (TPSA) is 75.2 Å². The average Bonchev–Trinajstić information content (AvgIpc) is 2.32. The third-order valence-corrected chi connectivity index (χ3v) is 7.04. The van der Waals surface area contributed by atoms with E-state index in [0.717, 1.165) is 0 Å². The van der Waals surface area contributed by atoms with Crippen molar-refractivity contribution in [2.24, 2.45) is 0 Å². The molecule has 10 heteroatoms. The maximum atomic E-state index is 11.8. The lowest BCUT2D eigenvalue weighted by Gasteiger charge is -2.11. The number of halogens is 4. The minimum atomic E-state index is -3.55. The third kappa shape index (κ3) is 8.29. The number of quaternary nitrogens is 1. The molecule has 0 spiro atoms. The standard InChI is InChI=1S/C6H13Br4NO4P/c7-1-5(9)3-13-16(12,15-11)14-4-6(10)2-8/h5-6H,1-4H2,11H3/q+2. The van der Waals surface area contributed by atoms with E-state index in [1.807, 2.05) is 0 Å². The summed E-state index contributed by atoms with van der Waals surface area (Å²) in [5, 5.41) is 1.35. The van der Waals surface area contributed by atoms with Crippen LogP contribution in [-0.4, -0.2) is 33.5 Å². The molecule has 2 atom stereocenters. The van der Waals surface area contributed by atoms with Crippen molar-refractivity contribution >= 4 is 71.9 Å². The summed E-state index contributed by atoms with van der Waals surface area (Å²) < 4.78 is 14.6. The van der Waals surface area contributed by atoms with Crippen molar-refractivity contribution in [3.05, 3.63) is 0 Å². The van der Waals surface area contributed by atoms with Crippen LogP contribution in [0.25, 0.3) is 0 Å². The van der Waals surface area contributed by atoms with Crippen LogP contribution in [0.5, 0.6) is 0 Å². The summed E-state index contributed by atoms with van der Waals surface area (Å²) >= 11 is 13.1. The zero-order chi connectivity index (χ0) is 12.6. The van der Waals surface area contributed by atoms with E-state index >= 15 is 0 Å². The van der Waals surface area contributed by atoms with Crippen molar-refractivity contribution in [1.82, 2.24) is 0 Å². The van der Waals surface area contributed by atoms with Gasteiger partial charge >= 0.3 is 8.17 Å². The molecule has 0 fully saturated rings. The molecule has 0 aromatic rings. The Morgan fingerprint density at radius 1 is 1.06 bits per heavy atom. The fraction of sp³-hybridized carbons (Fsp3) is 1.00. The Labute approximate surface area is 129 Å². The van der Waals surface area contributed by atoms with Gasteiger partial charge in [-0.1, -0.05) is 63.7 Å². The van der Waals surface area contributed by atoms with Gasteiger partial charge in [-0.25, -0.2) is 0 Å². The fourth-order valence-corrected chi connectivity index (χ4v) is 2.54. The highest BCUT2D eigenvalue weighted by Gasteiger charge is 2.51. The van der Waals surface area contributed by atoms with Gasteiger partial charge in [-0.15, -0.1) is 9.05 Å². The smallest absolute Gasteiger partial charge is 0.164 e. The Bertz CT molecular complexity index is 178. The molecule has 97 valence electrons. The third-order valence-electron chi connectivity index (χ3n) is 1.32. The van der Waals surface area contributed by atoms with Gasteiger partial charge in [0, 0.05) is 15.3 Å². The first-order valence-electron chi connectivity index (χ1n) is 4.20. The lowest BCUT2D eigenvalue weighted by Crippen LogP contribution is -2.49. The number of hydrogen-bond acceptors (Lipinski definition) is 3. The molecule has 0 amide bonds. The molecule has 2 unspecified atom stereocenters. The highest BCUT2D eigenvalue weighted by molar-refractivity contribution is 9.12. The van der Waals surface area contributed by atoms with Crippen molar-refractivity contribution in [3.8, 4) is 0 Å². The molecule has 0 aromatic carbocycles. The number of rotatable bonds is 9. The summed E-state index contributed by atoms with van der Waals surface area (Å²) in [6.07, 6.45) is 0. The largest absolute Gasteiger partial charge is 0.665 e. The highest BCUT2D eigenvalue weighted by Crippen LogP contribution is 2.57. The molecule has 0 rings (SSSR count). The van der Waals surface area contributed by atoms with E-state index in [9.17, 15) is 4.89 Å². The van der Waals surface area contributed by atoms with Gasteiger partial charge in [0.05, 0.1) is 14.5 Å². The van der Waals surface area contributed by atoms with Gasteiger partial charge in [-0.3, -0.25) is 0 Å². The van der Waals surface area contributed by atoms with Gasteiger partial charge in [0.15, 0.2) is 0 Å². The van der Waals surface area contributed by atoms with Crippen molar-refractivity contribution in [2.75, 3.05) is 23.9 Å². The van der Waals surface area contributed by atoms with Crippen LogP contribution in [0.1, 0.15) is 0 Å². The number of alkyl halides is 4. The quantitative estimate of drug-likeness (QED) is 0.293. The van der Waals surface area contributed by atoms with Gasteiger partial charge in [-0.05, 0) is 0 Å². The van der Waals surface area contributed by atoms with E-state index in [4.69, 9.17) is 9.05 Å². The normalized spacial score (nSPS) is 19.1. The second-order valence-electron chi connectivity index (χ2n) is 2.67. The molecule has 16 heavy (non-hydrogen) atoms. The Morgan fingerprint density at radius 3 is 1.69 bits per heavy atom. The highest BCUT2D eigenvalue weighted by atomic mass is 79.9. The lowest BCUT2D eigenvalue weighted by molar-refractivity contribution is -0.647. The lowest BCUT2D eigenvalue weighted by atomic mass is 10.5. The van der Waals surface area contributed by atoms with Crippen LogP contribution >= 0.6 is 71.9 Å². The Morgan fingerprint density at radius 2 is 1.44 bits per heavy atom. The molecule has 0 aliphatic carbocycles. The average molecular weight is 514 g/mol. The fourth-order valence-electron chi connectivity index (χ4n) is 0.545. The van der Waals surface area contributed by atoms with E-state index < -0.39 is 8.17 Å². The predicted molar refractivity (Wildman–Crippen MR) is 76.5 cm³/mol. The van der Waals surface area contributed by atoms with Crippen LogP contribution in [0.2, 0.25) is 0 Å². The molecule has 0 saturated heterocycles. The summed E-state index contributed by atoms with van der Waals surface area (Å²) in [7, 11) is -3.55. The molecule has 0 heterocycles. The van der Waals surface area contributed by atoms with Gasteiger partial charge < -0.3 is 0 Å². The molecule has 1 radical (unpaired) electrons. The van der Waals surface area contributed by atoms with Crippen LogP contribution in [0.4, 0.5) is 0 Å². The van der Waals surface area contributed by atoms with E-state index in [1.165, 1.54) is 0 Å². The van der Waals surface area contributed by atoms with E-state index in [2.05, 4.69) is 74.2 Å². The molecule has 0 bridgehead atoms. The molecule has 3 N–H and O–H groups in total. The summed E-state index contributed by atoms with van der Waals surface area (Å²) in [5.74, 6) is 3.10. The maximum Gasteiger partial charge on any atom is 0.665 e. The summed E-state index contributed by atoms with van der Waals surface area (Å²) in [5.41, 5.74) is 0. The van der Waals surface area contributed by atoms with Crippen LogP contribution in [0.3, 0.4) is 0 Å². The van der Waals surface area contributed by atoms with Crippen LogP contribution in [0, 0.1) is 0 Å². The van der Waals surface area contributed by atoms with E-state index in [1.54, 1.807) is 0 Å². The zero-order valence-electron chi connectivity index (χ0n) is 8.28. The van der Waals surface area contributed by atoms with Gasteiger partial charge in [0.1, 0.15) is 13.2 Å². The molecule has 0 aliphatic rings. The van der Waals surface area contributed by atoms with E-state index in [0.29, 0.717) is 10.7 Å². The second kappa shape index (κ2) is 10.00. The van der Waals surface area contributed by atoms with Gasteiger partial charge in [0.2, 0.25) is 0 Å². The molecule has 0 saturated carbocycles. The van der Waals surface area contributed by atoms with Crippen molar-refractivity contribution < 1.29 is 24.5 Å². The first kappa shape index (κ1) is 18.1. The zero-order valence-corrected chi connectivity index (χ0v) is 15.5. The van der Waals surface area contributed by atoms with Gasteiger partial charge in [-0.2, -0.15) is 5.90 Å². The monoisotopic (exact) mass is 510 g/mol. The Kier molecular flexibility index (Phi) is 11.3. The second-order valence-corrected chi connectivity index (χ2v) is 8.22. The summed E-state index contributed by atoms with van der Waals surface area (Å²) in [4.78, 5) is 11.9. The van der Waals surface area contributed by atoms with Crippen LogP contribution < -0.4 is 5.90 Å². The van der Waals surface area contributed by atoms with Gasteiger partial charge in [0.25, 0.3) is 0 Å². The summed E-state index contributed by atoms with van der Waals surface area (Å²) in [6.45, 7) is 0.415. The predicted octanol–water partition coefficient (Wildman–Crippen LogP) is 2.62. The van der Waals surface area contributed by atoms with Crippen molar-refractivity contribution in [1.29, 1.82) is 0 Å². The van der Waals surface area contributed by atoms with Crippen LogP contribution in [0.15, 0.2) is 0 Å². The first-order valence-corrected chi connectivity index (χ1v) is 9.74. The molecule has 5 nitrogen and oxygen atoms in total. The molecular weight excluding hydrogens is 501 g/mol.